The van der Waals surface area contributed by atoms with Crippen molar-refractivity contribution >= 4 is 22.7 Å². The minimum Gasteiger partial charge on any atom is -0.497 e. The molecule has 0 spiro atoms. The van der Waals surface area contributed by atoms with Gasteiger partial charge in [-0.3, -0.25) is 4.79 Å². The number of aryl methyl sites for hydroxylation is 1. The maximum Gasteiger partial charge on any atom is 0.292 e. The topological polar surface area (TPSA) is 64.4 Å². The Morgan fingerprint density at radius 1 is 1.29 bits per heavy atom. The lowest BCUT2D eigenvalue weighted by molar-refractivity contribution is 0.0997. The van der Waals surface area contributed by atoms with Gasteiger partial charge in [0.05, 0.1) is 7.11 Å². The van der Waals surface area contributed by atoms with Crippen molar-refractivity contribution in [3.8, 4) is 5.75 Å². The zero-order valence-corrected chi connectivity index (χ0v) is 11.7. The van der Waals surface area contributed by atoms with Crippen molar-refractivity contribution in [3.05, 3.63) is 53.9 Å². The molecule has 1 N–H and O–H groups in total. The first-order valence-corrected chi connectivity index (χ1v) is 6.48. The van der Waals surface area contributed by atoms with Crippen LogP contribution in [0.4, 0.5) is 5.82 Å². The summed E-state index contributed by atoms with van der Waals surface area (Å²) < 4.78 is 10.8. The molecule has 0 saturated carbocycles. The molecule has 0 bridgehead atoms. The minimum absolute atomic E-state index is 0.281. The van der Waals surface area contributed by atoms with Crippen LogP contribution in [0, 0.1) is 6.92 Å². The van der Waals surface area contributed by atoms with Crippen LogP contribution in [0.3, 0.4) is 0 Å². The molecule has 0 saturated heterocycles. The van der Waals surface area contributed by atoms with E-state index in [9.17, 15) is 4.79 Å². The summed E-state index contributed by atoms with van der Waals surface area (Å²) in [6.45, 7) is 1.85. The molecule has 106 valence electrons. The molecule has 5 heteroatoms. The van der Waals surface area contributed by atoms with E-state index in [0.29, 0.717) is 17.2 Å². The number of ether oxygens (including phenoxy) is 1. The van der Waals surface area contributed by atoms with Crippen molar-refractivity contribution < 1.29 is 13.9 Å². The fourth-order valence-electron chi connectivity index (χ4n) is 2.16. The van der Waals surface area contributed by atoms with E-state index in [1.165, 1.54) is 0 Å². The maximum absolute atomic E-state index is 12.3. The fraction of sp³-hybridized carbons (Fsp3) is 0.125. The Hall–Kier alpha value is -2.82. The number of carbonyl (C=O) groups excluding carboxylic acids is 1. The predicted octanol–water partition coefficient (Wildman–Crippen LogP) is 3.40. The molecule has 1 amide bonds. The second-order valence-corrected chi connectivity index (χ2v) is 4.59. The molecule has 0 unspecified atom stereocenters. The zero-order chi connectivity index (χ0) is 14.8. The summed E-state index contributed by atoms with van der Waals surface area (Å²) in [6, 6.07) is 10.8. The van der Waals surface area contributed by atoms with Gasteiger partial charge in [-0.25, -0.2) is 4.98 Å². The Morgan fingerprint density at radius 2 is 2.14 bits per heavy atom. The molecule has 0 radical (unpaired) electrons. The first kappa shape index (κ1) is 13.2. The SMILES string of the molecule is COc1ccc2c(C)c(C(=O)Nc3ccccn3)oc2c1. The lowest BCUT2D eigenvalue weighted by atomic mass is 10.1. The van der Waals surface area contributed by atoms with Crippen LogP contribution in [0.5, 0.6) is 5.75 Å². The van der Waals surface area contributed by atoms with Gasteiger partial charge in [0.2, 0.25) is 0 Å². The van der Waals surface area contributed by atoms with Crippen LogP contribution in [-0.2, 0) is 0 Å². The molecule has 0 aliphatic rings. The fourth-order valence-corrected chi connectivity index (χ4v) is 2.16. The van der Waals surface area contributed by atoms with E-state index < -0.39 is 0 Å². The number of hydrogen-bond acceptors (Lipinski definition) is 4. The maximum atomic E-state index is 12.3. The number of pyridine rings is 1. The summed E-state index contributed by atoms with van der Waals surface area (Å²) in [5.74, 6) is 1.14. The smallest absolute Gasteiger partial charge is 0.292 e. The molecule has 0 fully saturated rings. The number of anilines is 1. The van der Waals surface area contributed by atoms with Gasteiger partial charge in [0.15, 0.2) is 5.76 Å². The molecular weight excluding hydrogens is 268 g/mol. The van der Waals surface area contributed by atoms with Crippen molar-refractivity contribution in [1.29, 1.82) is 0 Å². The highest BCUT2D eigenvalue weighted by atomic mass is 16.5. The Balaban J connectivity index is 1.96. The second kappa shape index (κ2) is 5.28. The Morgan fingerprint density at radius 3 is 2.86 bits per heavy atom. The van der Waals surface area contributed by atoms with Crippen LogP contribution >= 0.6 is 0 Å². The van der Waals surface area contributed by atoms with Crippen molar-refractivity contribution in [2.45, 2.75) is 6.92 Å². The number of benzene rings is 1. The zero-order valence-electron chi connectivity index (χ0n) is 11.7. The molecule has 21 heavy (non-hydrogen) atoms. The van der Waals surface area contributed by atoms with Crippen LogP contribution < -0.4 is 10.1 Å². The highest BCUT2D eigenvalue weighted by molar-refractivity contribution is 6.06. The Bertz CT molecular complexity index is 794. The van der Waals surface area contributed by atoms with E-state index in [-0.39, 0.29) is 11.7 Å². The summed E-state index contributed by atoms with van der Waals surface area (Å²) in [5.41, 5.74) is 1.42. The van der Waals surface area contributed by atoms with Crippen LogP contribution in [0.1, 0.15) is 16.1 Å². The third kappa shape index (κ3) is 2.45. The van der Waals surface area contributed by atoms with E-state index in [1.54, 1.807) is 37.6 Å². The normalized spacial score (nSPS) is 10.6. The van der Waals surface area contributed by atoms with Crippen LogP contribution in [0.2, 0.25) is 0 Å². The van der Waals surface area contributed by atoms with Gasteiger partial charge in [0.1, 0.15) is 17.2 Å². The molecule has 0 aliphatic heterocycles. The summed E-state index contributed by atoms with van der Waals surface area (Å²) in [4.78, 5) is 16.3. The summed E-state index contributed by atoms with van der Waals surface area (Å²) in [6.07, 6.45) is 1.62. The van der Waals surface area contributed by atoms with E-state index in [4.69, 9.17) is 9.15 Å². The van der Waals surface area contributed by atoms with Gasteiger partial charge in [0.25, 0.3) is 5.91 Å². The molecule has 0 aliphatic carbocycles. The van der Waals surface area contributed by atoms with Crippen molar-refractivity contribution in [2.75, 3.05) is 12.4 Å². The van der Waals surface area contributed by atoms with E-state index >= 15 is 0 Å². The van der Waals surface area contributed by atoms with Crippen molar-refractivity contribution in [2.24, 2.45) is 0 Å². The summed E-state index contributed by atoms with van der Waals surface area (Å²) in [5, 5.41) is 3.60. The summed E-state index contributed by atoms with van der Waals surface area (Å²) >= 11 is 0. The third-order valence-electron chi connectivity index (χ3n) is 3.26. The Kier molecular flexibility index (Phi) is 3.31. The number of fused-ring (bicyclic) bond motifs is 1. The van der Waals surface area contributed by atoms with Crippen LogP contribution in [0.15, 0.2) is 47.0 Å². The molecule has 2 heterocycles. The van der Waals surface area contributed by atoms with Gasteiger partial charge in [-0.2, -0.15) is 0 Å². The number of nitrogens with zero attached hydrogens (tertiary/aromatic N) is 1. The van der Waals surface area contributed by atoms with Gasteiger partial charge in [-0.15, -0.1) is 0 Å². The Labute approximate surface area is 121 Å². The number of furan rings is 1. The molecular formula is C16H14N2O3. The molecule has 3 rings (SSSR count). The lowest BCUT2D eigenvalue weighted by Gasteiger charge is -2.01. The number of hydrogen-bond donors (Lipinski definition) is 1. The van der Waals surface area contributed by atoms with E-state index in [2.05, 4.69) is 10.3 Å². The average Bonchev–Trinajstić information content (AvgIpc) is 2.85. The highest BCUT2D eigenvalue weighted by Gasteiger charge is 2.18. The molecule has 1 aromatic carbocycles. The quantitative estimate of drug-likeness (QED) is 0.799. The second-order valence-electron chi connectivity index (χ2n) is 4.59. The van der Waals surface area contributed by atoms with Gasteiger partial charge >= 0.3 is 0 Å². The lowest BCUT2D eigenvalue weighted by Crippen LogP contribution is -2.12. The van der Waals surface area contributed by atoms with E-state index in [1.807, 2.05) is 19.1 Å². The number of aromatic nitrogens is 1. The van der Waals surface area contributed by atoms with Crippen molar-refractivity contribution in [1.82, 2.24) is 4.98 Å². The van der Waals surface area contributed by atoms with Gasteiger partial charge in [-0.05, 0) is 31.2 Å². The van der Waals surface area contributed by atoms with Crippen LogP contribution in [0.25, 0.3) is 11.0 Å². The largest absolute Gasteiger partial charge is 0.497 e. The first-order valence-electron chi connectivity index (χ1n) is 6.48. The molecule has 5 nitrogen and oxygen atoms in total. The van der Waals surface area contributed by atoms with Crippen molar-refractivity contribution in [3.63, 3.8) is 0 Å². The monoisotopic (exact) mass is 282 g/mol. The molecule has 3 aromatic rings. The number of nitrogens with one attached hydrogen (secondary N) is 1. The standard InChI is InChI=1S/C16H14N2O3/c1-10-12-7-6-11(20-2)9-13(12)21-15(10)16(19)18-14-5-3-4-8-17-14/h3-9H,1-2H3,(H,17,18,19). The third-order valence-corrected chi connectivity index (χ3v) is 3.26. The van der Waals surface area contributed by atoms with Crippen LogP contribution in [-0.4, -0.2) is 18.0 Å². The average molecular weight is 282 g/mol. The van der Waals surface area contributed by atoms with Gasteiger partial charge < -0.3 is 14.5 Å². The van der Waals surface area contributed by atoms with Gasteiger partial charge in [0, 0.05) is 23.2 Å². The number of amides is 1. The highest BCUT2D eigenvalue weighted by Crippen LogP contribution is 2.28. The van der Waals surface area contributed by atoms with Gasteiger partial charge in [-0.1, -0.05) is 6.07 Å². The summed E-state index contributed by atoms with van der Waals surface area (Å²) in [7, 11) is 1.59. The number of rotatable bonds is 3. The first-order chi connectivity index (χ1) is 10.2. The number of carbonyl (C=O) groups is 1. The predicted molar refractivity (Wildman–Crippen MR) is 79.7 cm³/mol. The molecule has 2 aromatic heterocycles. The number of methoxy groups -OCH3 is 1. The minimum atomic E-state index is -0.318. The molecule has 0 atom stereocenters. The van der Waals surface area contributed by atoms with E-state index in [0.717, 1.165) is 10.9 Å².